The van der Waals surface area contributed by atoms with Crippen molar-refractivity contribution in [2.75, 3.05) is 11.9 Å². The maximum absolute atomic E-state index is 12.6. The van der Waals surface area contributed by atoms with Crippen LogP contribution in [0.5, 0.6) is 0 Å². The van der Waals surface area contributed by atoms with E-state index in [1.807, 2.05) is 31.2 Å². The molecule has 0 spiro atoms. The molecule has 0 bridgehead atoms. The number of likely N-dealkylation sites (N-methyl/N-ethyl adjacent to an activating group) is 1. The third kappa shape index (κ3) is 3.74. The molecule has 3 heterocycles. The van der Waals surface area contributed by atoms with Crippen molar-refractivity contribution in [2.45, 2.75) is 25.8 Å². The number of anilines is 1. The van der Waals surface area contributed by atoms with Gasteiger partial charge in [-0.1, -0.05) is 18.2 Å². The van der Waals surface area contributed by atoms with Crippen LogP contribution in [0.15, 0.2) is 54.7 Å². The van der Waals surface area contributed by atoms with Crippen molar-refractivity contribution in [3.05, 3.63) is 66.0 Å². The molecule has 1 unspecified atom stereocenters. The van der Waals surface area contributed by atoms with Crippen LogP contribution in [0, 0.1) is 0 Å². The van der Waals surface area contributed by atoms with Gasteiger partial charge in [-0.05, 0) is 48.2 Å². The number of amides is 3. The van der Waals surface area contributed by atoms with Crippen molar-refractivity contribution >= 4 is 40.5 Å². The van der Waals surface area contributed by atoms with Gasteiger partial charge < -0.3 is 9.88 Å². The third-order valence-electron chi connectivity index (χ3n) is 5.40. The average molecular weight is 402 g/mol. The molecule has 0 saturated carbocycles. The molecule has 1 aliphatic heterocycles. The number of carbonyl (C=O) groups excluding carboxylic acids is 3. The summed E-state index contributed by atoms with van der Waals surface area (Å²) >= 11 is 0. The molecular weight excluding hydrogens is 380 g/mol. The van der Waals surface area contributed by atoms with Crippen LogP contribution in [0.1, 0.15) is 37.1 Å². The Balaban J connectivity index is 1.43. The van der Waals surface area contributed by atoms with Crippen molar-refractivity contribution in [2.24, 2.45) is 0 Å². The van der Waals surface area contributed by atoms with Gasteiger partial charge in [0.1, 0.15) is 5.82 Å². The molecule has 1 fully saturated rings. The molecule has 30 heavy (non-hydrogen) atoms. The lowest BCUT2D eigenvalue weighted by molar-refractivity contribution is -0.126. The largest absolute Gasteiger partial charge is 0.357 e. The summed E-state index contributed by atoms with van der Waals surface area (Å²) in [6.45, 7) is 1.97. The Labute approximate surface area is 174 Å². The Hall–Kier alpha value is -3.74. The number of nitrogens with one attached hydrogen (secondary N) is 1. The molecule has 7 heteroatoms. The minimum absolute atomic E-state index is 0.123. The minimum Gasteiger partial charge on any atom is -0.357 e. The molecule has 1 atom stereocenters. The van der Waals surface area contributed by atoms with Gasteiger partial charge in [-0.15, -0.1) is 0 Å². The molecule has 152 valence electrons. The second-order valence-corrected chi connectivity index (χ2v) is 7.34. The fourth-order valence-electron chi connectivity index (χ4n) is 3.47. The van der Waals surface area contributed by atoms with Crippen LogP contribution in [0.2, 0.25) is 0 Å². The number of hydrogen-bond acceptors (Lipinski definition) is 4. The lowest BCUT2D eigenvalue weighted by Crippen LogP contribution is -2.29. The molecule has 2 aromatic heterocycles. The fourth-order valence-corrected chi connectivity index (χ4v) is 3.47. The van der Waals surface area contributed by atoms with E-state index in [-0.39, 0.29) is 36.6 Å². The summed E-state index contributed by atoms with van der Waals surface area (Å²) in [6, 6.07) is 13.3. The Bertz CT molecular complexity index is 1100. The Morgan fingerprint density at radius 3 is 2.57 bits per heavy atom. The maximum atomic E-state index is 12.6. The average Bonchev–Trinajstić information content (AvgIpc) is 3.34. The lowest BCUT2D eigenvalue weighted by Gasteiger charge is -2.22. The van der Waals surface area contributed by atoms with Crippen LogP contribution in [0.3, 0.4) is 0 Å². The molecule has 1 N–H and O–H groups in total. The van der Waals surface area contributed by atoms with Gasteiger partial charge in [0, 0.05) is 43.4 Å². The van der Waals surface area contributed by atoms with Crippen molar-refractivity contribution in [3.8, 4) is 0 Å². The Morgan fingerprint density at radius 1 is 1.17 bits per heavy atom. The Morgan fingerprint density at radius 2 is 1.90 bits per heavy atom. The van der Waals surface area contributed by atoms with E-state index in [9.17, 15) is 14.4 Å². The molecule has 3 aromatic rings. The number of nitrogens with zero attached hydrogens (tertiary/aromatic N) is 3. The number of aromatic amines is 1. The lowest BCUT2D eigenvalue weighted by atomic mass is 10.2. The molecule has 0 aliphatic carbocycles. The summed E-state index contributed by atoms with van der Waals surface area (Å²) in [5.74, 6) is -0.303. The molecule has 1 saturated heterocycles. The number of fused-ring (bicyclic) bond motifs is 1. The first-order valence-electron chi connectivity index (χ1n) is 9.78. The SMILES string of the molecule is CC(c1cc2ccccc2[nH]1)N(C)C(=O)/C=C/c1ccc(N2C(=O)CCC2=O)nc1. The molecule has 0 radical (unpaired) electrons. The van der Waals surface area contributed by atoms with Crippen LogP contribution >= 0.6 is 0 Å². The smallest absolute Gasteiger partial charge is 0.246 e. The number of aromatic nitrogens is 2. The Kier molecular flexibility index (Phi) is 5.18. The van der Waals surface area contributed by atoms with E-state index in [2.05, 4.69) is 16.0 Å². The number of pyridine rings is 1. The molecule has 7 nitrogen and oxygen atoms in total. The van der Waals surface area contributed by atoms with Crippen LogP contribution < -0.4 is 4.90 Å². The van der Waals surface area contributed by atoms with Crippen LogP contribution in [-0.2, 0) is 14.4 Å². The quantitative estimate of drug-likeness (QED) is 0.523. The highest BCUT2D eigenvalue weighted by Crippen LogP contribution is 2.24. The van der Waals surface area contributed by atoms with Crippen LogP contribution in [0.25, 0.3) is 17.0 Å². The number of benzene rings is 1. The van der Waals surface area contributed by atoms with E-state index in [1.165, 1.54) is 6.08 Å². The zero-order chi connectivity index (χ0) is 21.3. The highest BCUT2D eigenvalue weighted by Gasteiger charge is 2.31. The van der Waals surface area contributed by atoms with E-state index >= 15 is 0 Å². The van der Waals surface area contributed by atoms with Gasteiger partial charge in [-0.3, -0.25) is 14.4 Å². The van der Waals surface area contributed by atoms with E-state index in [1.54, 1.807) is 36.4 Å². The van der Waals surface area contributed by atoms with Crippen molar-refractivity contribution in [3.63, 3.8) is 0 Å². The first-order valence-corrected chi connectivity index (χ1v) is 9.78. The number of hydrogen-bond donors (Lipinski definition) is 1. The summed E-state index contributed by atoms with van der Waals surface area (Å²) in [5.41, 5.74) is 2.71. The predicted molar refractivity (Wildman–Crippen MR) is 114 cm³/mol. The summed E-state index contributed by atoms with van der Waals surface area (Å²) in [4.78, 5) is 46.5. The molecule has 4 rings (SSSR count). The number of H-pyrrole nitrogens is 1. The van der Waals surface area contributed by atoms with Gasteiger partial charge in [0.2, 0.25) is 17.7 Å². The van der Waals surface area contributed by atoms with Gasteiger partial charge in [-0.25, -0.2) is 9.88 Å². The first-order chi connectivity index (χ1) is 14.4. The van der Waals surface area contributed by atoms with E-state index < -0.39 is 0 Å². The summed E-state index contributed by atoms with van der Waals surface area (Å²) in [7, 11) is 1.76. The van der Waals surface area contributed by atoms with Crippen molar-refractivity contribution in [1.29, 1.82) is 0 Å². The molecule has 3 amide bonds. The highest BCUT2D eigenvalue weighted by atomic mass is 16.2. The zero-order valence-electron chi connectivity index (χ0n) is 16.8. The highest BCUT2D eigenvalue weighted by molar-refractivity contribution is 6.19. The van der Waals surface area contributed by atoms with E-state index in [4.69, 9.17) is 0 Å². The third-order valence-corrected chi connectivity index (χ3v) is 5.40. The summed E-state index contributed by atoms with van der Waals surface area (Å²) < 4.78 is 0. The summed E-state index contributed by atoms with van der Waals surface area (Å²) in [6.07, 6.45) is 5.14. The van der Waals surface area contributed by atoms with Crippen LogP contribution in [-0.4, -0.2) is 39.6 Å². The van der Waals surface area contributed by atoms with Crippen molar-refractivity contribution < 1.29 is 14.4 Å². The van der Waals surface area contributed by atoms with Crippen molar-refractivity contribution in [1.82, 2.24) is 14.9 Å². The number of para-hydroxylation sites is 1. The molecule has 1 aliphatic rings. The van der Waals surface area contributed by atoms with E-state index in [0.717, 1.165) is 21.5 Å². The summed E-state index contributed by atoms with van der Waals surface area (Å²) in [5, 5.41) is 1.11. The topological polar surface area (TPSA) is 86.4 Å². The normalized spacial score (nSPS) is 15.3. The number of rotatable bonds is 5. The van der Waals surface area contributed by atoms with Gasteiger partial charge in [0.15, 0.2) is 0 Å². The van der Waals surface area contributed by atoms with E-state index in [0.29, 0.717) is 11.4 Å². The first kappa shape index (κ1) is 19.6. The molecule has 1 aromatic carbocycles. The standard InChI is InChI=1S/C23H22N4O3/c1-15(19-13-17-5-3-4-6-18(17)25-19)26(2)21(28)10-8-16-7-9-20(24-14-16)27-22(29)11-12-23(27)30/h3-10,13-15,25H,11-12H2,1-2H3/b10-8+. The van der Waals surface area contributed by atoms with Gasteiger partial charge in [-0.2, -0.15) is 0 Å². The maximum Gasteiger partial charge on any atom is 0.246 e. The van der Waals surface area contributed by atoms with Crippen LogP contribution in [0.4, 0.5) is 5.82 Å². The second-order valence-electron chi connectivity index (χ2n) is 7.34. The molecular formula is C23H22N4O3. The zero-order valence-corrected chi connectivity index (χ0v) is 16.8. The van der Waals surface area contributed by atoms with Gasteiger partial charge in [0.25, 0.3) is 0 Å². The second kappa shape index (κ2) is 7.94. The van der Waals surface area contributed by atoms with Gasteiger partial charge >= 0.3 is 0 Å². The number of carbonyl (C=O) groups is 3. The monoisotopic (exact) mass is 402 g/mol. The number of imide groups is 1. The predicted octanol–water partition coefficient (Wildman–Crippen LogP) is 3.45. The van der Waals surface area contributed by atoms with Gasteiger partial charge in [0.05, 0.1) is 6.04 Å². The minimum atomic E-state index is -0.237. The fraction of sp³-hybridized carbons (Fsp3) is 0.217.